The zero-order chi connectivity index (χ0) is 21.3. The Balaban J connectivity index is 1.86. The molecule has 150 valence electrons. The summed E-state index contributed by atoms with van der Waals surface area (Å²) in [6.45, 7) is 8.67. The van der Waals surface area contributed by atoms with Crippen molar-refractivity contribution in [2.75, 3.05) is 0 Å². The van der Waals surface area contributed by atoms with E-state index >= 15 is 0 Å². The van der Waals surface area contributed by atoms with Gasteiger partial charge >= 0.3 is 0 Å². The van der Waals surface area contributed by atoms with Crippen molar-refractivity contribution in [3.8, 4) is 11.3 Å². The standard InChI is InChI=1S/C27H26N2O/c1-17-10-12-22(13-11-17)26-20(4)24(23-15-18(2)14-19(3)25(23)29-26)27(30)28-16-21-8-6-5-7-9-21/h5-15H,16H2,1-4H3,(H,28,30). The number of nitrogens with one attached hydrogen (secondary N) is 1. The van der Waals surface area contributed by atoms with Crippen LogP contribution in [0.4, 0.5) is 0 Å². The molecule has 0 aliphatic rings. The maximum atomic E-state index is 13.4. The first-order valence-corrected chi connectivity index (χ1v) is 10.2. The predicted molar refractivity (Wildman–Crippen MR) is 124 cm³/mol. The number of nitrogens with zero attached hydrogens (tertiary/aromatic N) is 1. The maximum Gasteiger partial charge on any atom is 0.252 e. The van der Waals surface area contributed by atoms with Crippen LogP contribution in [0, 0.1) is 27.7 Å². The highest BCUT2D eigenvalue weighted by Crippen LogP contribution is 2.32. The van der Waals surface area contributed by atoms with Gasteiger partial charge in [-0.25, -0.2) is 4.98 Å². The number of benzene rings is 3. The van der Waals surface area contributed by atoms with Gasteiger partial charge in [0.25, 0.3) is 5.91 Å². The monoisotopic (exact) mass is 394 g/mol. The number of fused-ring (bicyclic) bond motifs is 1. The second-order valence-electron chi connectivity index (χ2n) is 7.97. The van der Waals surface area contributed by atoms with E-state index in [1.807, 2.05) is 37.3 Å². The quantitative estimate of drug-likeness (QED) is 0.457. The molecule has 4 rings (SSSR count). The highest BCUT2D eigenvalue weighted by atomic mass is 16.1. The Morgan fingerprint density at radius 3 is 2.27 bits per heavy atom. The zero-order valence-corrected chi connectivity index (χ0v) is 17.9. The van der Waals surface area contributed by atoms with Crippen LogP contribution >= 0.6 is 0 Å². The number of carbonyl (C=O) groups excluding carboxylic acids is 1. The molecule has 0 atom stereocenters. The van der Waals surface area contributed by atoms with Crippen LogP contribution in [0.2, 0.25) is 0 Å². The molecule has 0 bridgehead atoms. The molecule has 30 heavy (non-hydrogen) atoms. The van der Waals surface area contributed by atoms with Crippen molar-refractivity contribution in [1.82, 2.24) is 10.3 Å². The minimum Gasteiger partial charge on any atom is -0.348 e. The van der Waals surface area contributed by atoms with E-state index in [9.17, 15) is 4.79 Å². The highest BCUT2D eigenvalue weighted by molar-refractivity contribution is 6.09. The third-order valence-electron chi connectivity index (χ3n) is 5.52. The van der Waals surface area contributed by atoms with Crippen molar-refractivity contribution in [2.45, 2.75) is 34.2 Å². The zero-order valence-electron chi connectivity index (χ0n) is 17.9. The van der Waals surface area contributed by atoms with Crippen molar-refractivity contribution < 1.29 is 4.79 Å². The normalized spacial score (nSPS) is 10.9. The number of aryl methyl sites for hydroxylation is 3. The fourth-order valence-electron chi connectivity index (χ4n) is 3.97. The number of carbonyl (C=O) groups is 1. The second kappa shape index (κ2) is 8.11. The molecular formula is C27H26N2O. The largest absolute Gasteiger partial charge is 0.348 e. The fourth-order valence-corrected chi connectivity index (χ4v) is 3.97. The van der Waals surface area contributed by atoms with Gasteiger partial charge in [0.05, 0.1) is 16.8 Å². The molecule has 0 unspecified atom stereocenters. The lowest BCUT2D eigenvalue weighted by atomic mass is 9.94. The molecule has 0 aliphatic carbocycles. The van der Waals surface area contributed by atoms with Gasteiger partial charge in [0.1, 0.15) is 0 Å². The Labute approximate surface area is 177 Å². The van der Waals surface area contributed by atoms with E-state index in [2.05, 4.69) is 62.5 Å². The molecule has 1 aromatic heterocycles. The Hall–Kier alpha value is -3.46. The second-order valence-corrected chi connectivity index (χ2v) is 7.97. The van der Waals surface area contributed by atoms with E-state index in [1.165, 1.54) is 5.56 Å². The summed E-state index contributed by atoms with van der Waals surface area (Å²) in [5.74, 6) is -0.0675. The number of aromatic nitrogens is 1. The summed E-state index contributed by atoms with van der Waals surface area (Å²) in [5, 5.41) is 4.02. The summed E-state index contributed by atoms with van der Waals surface area (Å²) in [5.41, 5.74) is 8.86. The van der Waals surface area contributed by atoms with Gasteiger partial charge in [-0.1, -0.05) is 71.8 Å². The van der Waals surface area contributed by atoms with Gasteiger partial charge in [0.15, 0.2) is 0 Å². The van der Waals surface area contributed by atoms with Crippen molar-refractivity contribution in [3.63, 3.8) is 0 Å². The average Bonchev–Trinajstić information content (AvgIpc) is 2.73. The van der Waals surface area contributed by atoms with Gasteiger partial charge in [0.2, 0.25) is 0 Å². The predicted octanol–water partition coefficient (Wildman–Crippen LogP) is 6.07. The lowest BCUT2D eigenvalue weighted by Gasteiger charge is -2.17. The summed E-state index contributed by atoms with van der Waals surface area (Å²) in [4.78, 5) is 18.4. The molecule has 3 heteroatoms. The van der Waals surface area contributed by atoms with Crippen molar-refractivity contribution in [2.24, 2.45) is 0 Å². The summed E-state index contributed by atoms with van der Waals surface area (Å²) in [6, 6.07) is 22.5. The van der Waals surface area contributed by atoms with Crippen LogP contribution in [0.15, 0.2) is 66.7 Å². The van der Waals surface area contributed by atoms with Crippen LogP contribution in [-0.4, -0.2) is 10.9 Å². The first-order chi connectivity index (χ1) is 14.4. The molecule has 0 radical (unpaired) electrons. The first-order valence-electron chi connectivity index (χ1n) is 10.2. The molecule has 3 aromatic carbocycles. The van der Waals surface area contributed by atoms with Crippen molar-refractivity contribution >= 4 is 16.8 Å². The van der Waals surface area contributed by atoms with E-state index in [0.29, 0.717) is 12.1 Å². The Morgan fingerprint density at radius 2 is 1.57 bits per heavy atom. The number of pyridine rings is 1. The number of amides is 1. The molecule has 3 nitrogen and oxygen atoms in total. The third-order valence-corrected chi connectivity index (χ3v) is 5.52. The lowest BCUT2D eigenvalue weighted by Crippen LogP contribution is -2.24. The van der Waals surface area contributed by atoms with Crippen molar-refractivity contribution in [3.05, 3.63) is 100 Å². The molecule has 1 amide bonds. The number of hydrogen-bond acceptors (Lipinski definition) is 2. The molecule has 0 aliphatic heterocycles. The molecule has 1 heterocycles. The Kier molecular flexibility index (Phi) is 5.37. The summed E-state index contributed by atoms with van der Waals surface area (Å²) >= 11 is 0. The van der Waals surface area contributed by atoms with Crippen LogP contribution in [0.5, 0.6) is 0 Å². The highest BCUT2D eigenvalue weighted by Gasteiger charge is 2.20. The van der Waals surface area contributed by atoms with E-state index in [4.69, 9.17) is 4.98 Å². The van der Waals surface area contributed by atoms with Gasteiger partial charge in [-0.2, -0.15) is 0 Å². The Morgan fingerprint density at radius 1 is 0.867 bits per heavy atom. The van der Waals surface area contributed by atoms with Crippen LogP contribution in [0.3, 0.4) is 0 Å². The molecule has 0 saturated heterocycles. The van der Waals surface area contributed by atoms with Gasteiger partial charge in [-0.05, 0) is 50.5 Å². The van der Waals surface area contributed by atoms with E-state index in [-0.39, 0.29) is 5.91 Å². The number of hydrogen-bond donors (Lipinski definition) is 1. The average molecular weight is 395 g/mol. The van der Waals surface area contributed by atoms with Crippen LogP contribution in [0.25, 0.3) is 22.2 Å². The molecule has 1 N–H and O–H groups in total. The van der Waals surface area contributed by atoms with Crippen LogP contribution < -0.4 is 5.32 Å². The Bertz CT molecular complexity index is 1230. The minimum absolute atomic E-state index is 0.0675. The van der Waals surface area contributed by atoms with Gasteiger partial charge in [-0.3, -0.25) is 4.79 Å². The summed E-state index contributed by atoms with van der Waals surface area (Å²) in [6.07, 6.45) is 0. The van der Waals surface area contributed by atoms with Crippen molar-refractivity contribution in [1.29, 1.82) is 0 Å². The van der Waals surface area contributed by atoms with E-state index in [1.54, 1.807) is 0 Å². The SMILES string of the molecule is Cc1ccc(-c2nc3c(C)cc(C)cc3c(C(=O)NCc3ccccc3)c2C)cc1. The smallest absolute Gasteiger partial charge is 0.252 e. The molecule has 0 saturated carbocycles. The topological polar surface area (TPSA) is 42.0 Å². The minimum atomic E-state index is -0.0675. The molecule has 4 aromatic rings. The maximum absolute atomic E-state index is 13.4. The van der Waals surface area contributed by atoms with E-state index < -0.39 is 0 Å². The van der Waals surface area contributed by atoms with Crippen LogP contribution in [-0.2, 0) is 6.54 Å². The molecular weight excluding hydrogens is 368 g/mol. The lowest BCUT2D eigenvalue weighted by molar-refractivity contribution is 0.0952. The molecule has 0 spiro atoms. The summed E-state index contributed by atoms with van der Waals surface area (Å²) in [7, 11) is 0. The van der Waals surface area contributed by atoms with Gasteiger partial charge < -0.3 is 5.32 Å². The number of rotatable bonds is 4. The van der Waals surface area contributed by atoms with E-state index in [0.717, 1.165) is 44.4 Å². The first kappa shape index (κ1) is 19.8. The van der Waals surface area contributed by atoms with Gasteiger partial charge in [-0.15, -0.1) is 0 Å². The van der Waals surface area contributed by atoms with Crippen LogP contribution in [0.1, 0.15) is 38.2 Å². The fraction of sp³-hybridized carbons (Fsp3) is 0.185. The van der Waals surface area contributed by atoms with Gasteiger partial charge in [0, 0.05) is 17.5 Å². The molecule has 0 fully saturated rings. The summed E-state index contributed by atoms with van der Waals surface area (Å²) < 4.78 is 0. The third kappa shape index (κ3) is 3.84.